The summed E-state index contributed by atoms with van der Waals surface area (Å²) in [7, 11) is 0. The molecule has 1 aliphatic rings. The molecular weight excluding hydrogens is 504 g/mol. The minimum Gasteiger partial charge on any atom is -0.489 e. The number of carbonyl (C=O) groups is 1. The maximum atomic E-state index is 13.1. The van der Waals surface area contributed by atoms with E-state index in [2.05, 4.69) is 54.4 Å². The molecule has 2 aromatic heterocycles. The fourth-order valence-electron chi connectivity index (χ4n) is 5.59. The number of pyridine rings is 1. The van der Waals surface area contributed by atoms with Gasteiger partial charge in [0, 0.05) is 35.7 Å². The lowest BCUT2D eigenvalue weighted by atomic mass is 9.49. The van der Waals surface area contributed by atoms with Crippen LogP contribution in [0.5, 0.6) is 5.75 Å². The number of amides is 1. The number of hydrogen-bond acceptors (Lipinski definition) is 7. The number of rotatable bonds is 10. The molecule has 200 valence electrons. The van der Waals surface area contributed by atoms with Gasteiger partial charge in [-0.15, -0.1) is 5.10 Å². The highest BCUT2D eigenvalue weighted by Crippen LogP contribution is 2.55. The molecule has 10 heteroatoms. The Morgan fingerprint density at radius 1 is 1.18 bits per heavy atom. The van der Waals surface area contributed by atoms with Crippen LogP contribution in [-0.4, -0.2) is 49.7 Å². The highest BCUT2D eigenvalue weighted by atomic mass is 35.5. The molecule has 38 heavy (non-hydrogen) atoms. The lowest BCUT2D eigenvalue weighted by Crippen LogP contribution is -2.74. The minimum absolute atomic E-state index is 0.148. The molecule has 0 bridgehead atoms. The highest BCUT2D eigenvalue weighted by molar-refractivity contribution is 6.31. The first-order valence-corrected chi connectivity index (χ1v) is 13.1. The van der Waals surface area contributed by atoms with Crippen LogP contribution in [0.1, 0.15) is 68.6 Å². The van der Waals surface area contributed by atoms with Crippen LogP contribution in [0.2, 0.25) is 5.02 Å². The second-order valence-corrected chi connectivity index (χ2v) is 11.3. The van der Waals surface area contributed by atoms with Crippen molar-refractivity contribution in [2.75, 3.05) is 6.61 Å². The van der Waals surface area contributed by atoms with Gasteiger partial charge in [0.25, 0.3) is 5.91 Å². The Bertz CT molecular complexity index is 1310. The van der Waals surface area contributed by atoms with Crippen LogP contribution in [0.15, 0.2) is 42.7 Å². The fraction of sp³-hybridized carbons (Fsp3) is 0.464. The number of hydrogen-bond donors (Lipinski definition) is 2. The number of unbranched alkanes of at least 4 members (excludes halogenated alkanes) is 2. The van der Waals surface area contributed by atoms with Gasteiger partial charge in [0.2, 0.25) is 0 Å². The zero-order valence-corrected chi connectivity index (χ0v) is 22.9. The third-order valence-electron chi connectivity index (χ3n) is 7.31. The van der Waals surface area contributed by atoms with Gasteiger partial charge in [-0.1, -0.05) is 50.9 Å². The van der Waals surface area contributed by atoms with Crippen LogP contribution < -0.4 is 10.1 Å². The summed E-state index contributed by atoms with van der Waals surface area (Å²) in [6, 6.07) is 10.4. The summed E-state index contributed by atoms with van der Waals surface area (Å²) in [5, 5.41) is 29.9. The lowest BCUT2D eigenvalue weighted by molar-refractivity contribution is -0.164. The van der Waals surface area contributed by atoms with Crippen molar-refractivity contribution in [3.05, 3.63) is 64.6 Å². The maximum absolute atomic E-state index is 13.1. The van der Waals surface area contributed by atoms with Gasteiger partial charge in [0.15, 0.2) is 5.82 Å². The molecule has 3 aromatic rings. The Morgan fingerprint density at radius 2 is 1.95 bits per heavy atom. The molecule has 0 atom stereocenters. The third-order valence-corrected chi connectivity index (χ3v) is 7.62. The number of aliphatic hydroxyl groups is 1. The largest absolute Gasteiger partial charge is 0.489 e. The van der Waals surface area contributed by atoms with Gasteiger partial charge in [0.1, 0.15) is 17.9 Å². The van der Waals surface area contributed by atoms with Crippen molar-refractivity contribution in [3.8, 4) is 17.6 Å². The van der Waals surface area contributed by atoms with E-state index in [0.29, 0.717) is 27.7 Å². The van der Waals surface area contributed by atoms with E-state index in [1.54, 1.807) is 41.2 Å². The van der Waals surface area contributed by atoms with Crippen LogP contribution in [0.25, 0.3) is 5.82 Å². The normalized spacial score (nSPS) is 19.3. The van der Waals surface area contributed by atoms with Crippen molar-refractivity contribution in [1.82, 2.24) is 25.3 Å². The second kappa shape index (κ2) is 11.1. The van der Waals surface area contributed by atoms with Crippen LogP contribution in [-0.2, 0) is 6.42 Å². The summed E-state index contributed by atoms with van der Waals surface area (Å²) in [5.41, 5.74) is 0.992. The molecule has 2 N–H and O–H groups in total. The predicted molar refractivity (Wildman–Crippen MR) is 143 cm³/mol. The average molecular weight is 537 g/mol. The number of carbonyl (C=O) groups excluding carboxylic acids is 1. The summed E-state index contributed by atoms with van der Waals surface area (Å²) in [4.78, 5) is 17.6. The van der Waals surface area contributed by atoms with Crippen molar-refractivity contribution in [2.24, 2.45) is 10.8 Å². The van der Waals surface area contributed by atoms with Crippen LogP contribution in [0.4, 0.5) is 0 Å². The second-order valence-electron chi connectivity index (χ2n) is 10.9. The zero-order valence-electron chi connectivity index (χ0n) is 22.1. The Hall–Kier alpha value is -3.48. The first-order chi connectivity index (χ1) is 18.1. The molecule has 4 rings (SSSR count). The molecule has 9 nitrogen and oxygen atoms in total. The number of nitriles is 1. The Balaban J connectivity index is 1.39. The van der Waals surface area contributed by atoms with Gasteiger partial charge in [-0.25, -0.2) is 9.67 Å². The number of halogens is 1. The Kier molecular flexibility index (Phi) is 8.05. The van der Waals surface area contributed by atoms with Gasteiger partial charge >= 0.3 is 0 Å². The topological polar surface area (TPSA) is 126 Å². The van der Waals surface area contributed by atoms with E-state index in [9.17, 15) is 4.79 Å². The quantitative estimate of drug-likeness (QED) is 0.365. The van der Waals surface area contributed by atoms with Gasteiger partial charge in [0.05, 0.1) is 28.0 Å². The Labute approximate surface area is 227 Å². The molecule has 1 amide bonds. The SMILES string of the molecule is CC1(C)[C@H](NC(=O)c2ccc(-n3cc(CCCCCO)nn3)nc2)C(C)(C)[C@H]1Oc1ccc(C#N)c(Cl)c1. The number of aliphatic hydroxyl groups excluding tert-OH is 1. The van der Waals surface area contributed by atoms with E-state index in [-0.39, 0.29) is 35.5 Å². The minimum atomic E-state index is -0.360. The highest BCUT2D eigenvalue weighted by Gasteiger charge is 2.64. The Morgan fingerprint density at radius 3 is 2.58 bits per heavy atom. The number of aryl methyl sites for hydroxylation is 1. The zero-order chi connectivity index (χ0) is 27.5. The van der Waals surface area contributed by atoms with Gasteiger partial charge in [-0.05, 0) is 43.5 Å². The van der Waals surface area contributed by atoms with Gasteiger partial charge in [-0.3, -0.25) is 4.79 Å². The van der Waals surface area contributed by atoms with E-state index in [0.717, 1.165) is 31.4 Å². The number of ether oxygens (including phenoxy) is 1. The number of nitrogens with one attached hydrogen (secondary N) is 1. The summed E-state index contributed by atoms with van der Waals surface area (Å²) in [6.07, 6.45) is 6.64. The van der Waals surface area contributed by atoms with Crippen molar-refractivity contribution < 1.29 is 14.6 Å². The molecule has 0 spiro atoms. The van der Waals surface area contributed by atoms with E-state index in [1.165, 1.54) is 0 Å². The maximum Gasteiger partial charge on any atom is 0.253 e. The predicted octanol–water partition coefficient (Wildman–Crippen LogP) is 4.50. The molecule has 0 radical (unpaired) electrons. The van der Waals surface area contributed by atoms with Crippen LogP contribution in [0, 0.1) is 22.2 Å². The van der Waals surface area contributed by atoms with Crippen molar-refractivity contribution in [2.45, 2.75) is 65.5 Å². The lowest BCUT2D eigenvalue weighted by Gasteiger charge is -2.63. The molecule has 0 unspecified atom stereocenters. The average Bonchev–Trinajstić information content (AvgIpc) is 3.37. The summed E-state index contributed by atoms with van der Waals surface area (Å²) < 4.78 is 7.89. The first kappa shape index (κ1) is 27.6. The van der Waals surface area contributed by atoms with Crippen LogP contribution in [0.3, 0.4) is 0 Å². The molecule has 1 aliphatic carbocycles. The van der Waals surface area contributed by atoms with Crippen molar-refractivity contribution >= 4 is 17.5 Å². The molecule has 1 aromatic carbocycles. The van der Waals surface area contributed by atoms with E-state index in [4.69, 9.17) is 26.7 Å². The number of nitrogens with zero attached hydrogens (tertiary/aromatic N) is 5. The standard InChI is InChI=1S/C28H33ClN6O3/c1-27(2)25(28(3,4)26(27)38-21-11-9-18(15-30)22(29)14-21)32-24(37)19-10-12-23(31-16-19)35-17-20(33-34-35)8-6-5-7-13-36/h9-12,14,16-17,25-26,36H,5-8,13H2,1-4H3,(H,32,37)/t25-,26-. The molecule has 1 fully saturated rings. The molecule has 0 saturated heterocycles. The van der Waals surface area contributed by atoms with E-state index in [1.807, 2.05) is 6.20 Å². The summed E-state index contributed by atoms with van der Waals surface area (Å²) in [5.74, 6) is 0.957. The molecule has 2 heterocycles. The summed E-state index contributed by atoms with van der Waals surface area (Å²) >= 11 is 6.18. The number of benzene rings is 1. The van der Waals surface area contributed by atoms with Gasteiger partial charge in [-0.2, -0.15) is 5.26 Å². The van der Waals surface area contributed by atoms with Gasteiger partial charge < -0.3 is 15.2 Å². The summed E-state index contributed by atoms with van der Waals surface area (Å²) in [6.45, 7) is 8.45. The smallest absolute Gasteiger partial charge is 0.253 e. The van der Waals surface area contributed by atoms with Crippen LogP contribution >= 0.6 is 11.6 Å². The van der Waals surface area contributed by atoms with Crippen molar-refractivity contribution in [1.29, 1.82) is 5.26 Å². The molecule has 0 aliphatic heterocycles. The molecule has 1 saturated carbocycles. The van der Waals surface area contributed by atoms with Crippen molar-refractivity contribution in [3.63, 3.8) is 0 Å². The fourth-order valence-corrected chi connectivity index (χ4v) is 5.80. The third kappa shape index (κ3) is 5.52. The first-order valence-electron chi connectivity index (χ1n) is 12.7. The number of aromatic nitrogens is 4. The monoisotopic (exact) mass is 536 g/mol. The molecular formula is C28H33ClN6O3. The van der Waals surface area contributed by atoms with E-state index < -0.39 is 0 Å². The van der Waals surface area contributed by atoms with E-state index >= 15 is 0 Å².